The van der Waals surface area contributed by atoms with Gasteiger partial charge in [-0.25, -0.2) is 4.68 Å². The van der Waals surface area contributed by atoms with Gasteiger partial charge in [0.05, 0.1) is 21.4 Å². The molecule has 1 aromatic heterocycles. The van der Waals surface area contributed by atoms with Crippen LogP contribution in [0.5, 0.6) is 0 Å². The number of nitrogen functional groups attached to an aromatic ring is 1. The van der Waals surface area contributed by atoms with Crippen molar-refractivity contribution in [2.75, 3.05) is 5.73 Å². The molecule has 0 aliphatic heterocycles. The van der Waals surface area contributed by atoms with E-state index >= 15 is 0 Å². The zero-order valence-electron chi connectivity index (χ0n) is 10.7. The largest absolute Gasteiger partial charge is 0.384 e. The number of nitrogens with zero attached hydrogens (tertiary/aromatic N) is 2. The van der Waals surface area contributed by atoms with Crippen molar-refractivity contribution in [2.45, 2.75) is 0 Å². The number of benzene rings is 2. The van der Waals surface area contributed by atoms with E-state index < -0.39 is 0 Å². The number of para-hydroxylation sites is 1. The Kier molecular flexibility index (Phi) is 3.81. The first kappa shape index (κ1) is 14.3. The van der Waals surface area contributed by atoms with Crippen molar-refractivity contribution >= 4 is 40.6 Å². The van der Waals surface area contributed by atoms with E-state index in [9.17, 15) is 0 Å². The Morgan fingerprint density at radius 2 is 1.67 bits per heavy atom. The molecule has 0 atom stereocenters. The van der Waals surface area contributed by atoms with E-state index in [1.165, 1.54) is 0 Å². The van der Waals surface area contributed by atoms with E-state index in [1.54, 1.807) is 28.9 Å². The van der Waals surface area contributed by atoms with Crippen molar-refractivity contribution in [3.8, 4) is 16.9 Å². The molecule has 0 amide bonds. The number of aromatic nitrogens is 2. The molecule has 0 aliphatic rings. The maximum absolute atomic E-state index is 6.20. The fourth-order valence-electron chi connectivity index (χ4n) is 2.04. The van der Waals surface area contributed by atoms with E-state index in [2.05, 4.69) is 5.10 Å². The highest BCUT2D eigenvalue weighted by molar-refractivity contribution is 6.36. The van der Waals surface area contributed by atoms with Crippen LogP contribution in [-0.4, -0.2) is 9.78 Å². The van der Waals surface area contributed by atoms with Gasteiger partial charge in [-0.15, -0.1) is 0 Å². The van der Waals surface area contributed by atoms with E-state index in [4.69, 9.17) is 40.5 Å². The summed E-state index contributed by atoms with van der Waals surface area (Å²) in [6.45, 7) is 0. The normalized spacial score (nSPS) is 10.8. The first-order valence-corrected chi connectivity index (χ1v) is 7.25. The molecule has 0 spiro atoms. The lowest BCUT2D eigenvalue weighted by Gasteiger charge is -2.05. The number of halogens is 3. The molecular weight excluding hydrogens is 329 g/mol. The third kappa shape index (κ3) is 2.72. The monoisotopic (exact) mass is 337 g/mol. The smallest absolute Gasteiger partial charge is 0.127 e. The molecule has 3 aromatic rings. The van der Waals surface area contributed by atoms with Crippen LogP contribution in [0.3, 0.4) is 0 Å². The maximum atomic E-state index is 6.20. The molecule has 0 bridgehead atoms. The highest BCUT2D eigenvalue weighted by Crippen LogP contribution is 2.32. The zero-order chi connectivity index (χ0) is 15.0. The summed E-state index contributed by atoms with van der Waals surface area (Å²) in [7, 11) is 0. The van der Waals surface area contributed by atoms with Gasteiger partial charge in [0.25, 0.3) is 0 Å². The second-order valence-electron chi connectivity index (χ2n) is 4.44. The number of hydrogen-bond acceptors (Lipinski definition) is 2. The minimum atomic E-state index is 0.476. The van der Waals surface area contributed by atoms with E-state index in [1.807, 2.05) is 24.3 Å². The molecule has 0 fully saturated rings. The van der Waals surface area contributed by atoms with Gasteiger partial charge in [-0.3, -0.25) is 0 Å². The lowest BCUT2D eigenvalue weighted by atomic mass is 10.1. The van der Waals surface area contributed by atoms with Gasteiger partial charge in [0.1, 0.15) is 5.82 Å². The van der Waals surface area contributed by atoms with Gasteiger partial charge in [0.2, 0.25) is 0 Å². The lowest BCUT2D eigenvalue weighted by molar-refractivity contribution is 0.895. The Balaban J connectivity index is 2.12. The molecule has 6 heteroatoms. The lowest BCUT2D eigenvalue weighted by Crippen LogP contribution is -2.02. The second kappa shape index (κ2) is 5.60. The highest BCUT2D eigenvalue weighted by atomic mass is 35.5. The molecule has 106 valence electrons. The van der Waals surface area contributed by atoms with Gasteiger partial charge in [-0.05, 0) is 30.3 Å². The minimum Gasteiger partial charge on any atom is -0.384 e. The molecule has 21 heavy (non-hydrogen) atoms. The van der Waals surface area contributed by atoms with E-state index in [0.29, 0.717) is 32.3 Å². The molecule has 3 nitrogen and oxygen atoms in total. The molecule has 0 unspecified atom stereocenters. The fraction of sp³-hybridized carbons (Fsp3) is 0. The first-order valence-electron chi connectivity index (χ1n) is 6.12. The molecule has 2 aromatic carbocycles. The topological polar surface area (TPSA) is 43.8 Å². The Morgan fingerprint density at radius 1 is 0.905 bits per heavy atom. The van der Waals surface area contributed by atoms with Crippen LogP contribution in [0.15, 0.2) is 48.5 Å². The number of nitrogens with two attached hydrogens (primary N) is 1. The van der Waals surface area contributed by atoms with Gasteiger partial charge in [0.15, 0.2) is 0 Å². The summed E-state index contributed by atoms with van der Waals surface area (Å²) in [4.78, 5) is 0. The summed E-state index contributed by atoms with van der Waals surface area (Å²) in [6, 6.07) is 14.3. The van der Waals surface area contributed by atoms with Crippen molar-refractivity contribution in [3.63, 3.8) is 0 Å². The molecule has 2 N–H and O–H groups in total. The third-order valence-corrected chi connectivity index (χ3v) is 3.89. The molecule has 0 saturated heterocycles. The van der Waals surface area contributed by atoms with Crippen molar-refractivity contribution in [3.05, 3.63) is 63.6 Å². The third-order valence-electron chi connectivity index (χ3n) is 3.02. The van der Waals surface area contributed by atoms with Gasteiger partial charge in [-0.1, -0.05) is 46.9 Å². The molecule has 1 heterocycles. The molecule has 0 saturated carbocycles. The summed E-state index contributed by atoms with van der Waals surface area (Å²) in [5.41, 5.74) is 8.17. The molecule has 3 rings (SSSR count). The van der Waals surface area contributed by atoms with E-state index in [-0.39, 0.29) is 0 Å². The van der Waals surface area contributed by atoms with Gasteiger partial charge in [0, 0.05) is 16.7 Å². The first-order chi connectivity index (χ1) is 10.1. The van der Waals surface area contributed by atoms with Crippen molar-refractivity contribution in [2.24, 2.45) is 0 Å². The van der Waals surface area contributed by atoms with Crippen LogP contribution in [0, 0.1) is 0 Å². The second-order valence-corrected chi connectivity index (χ2v) is 5.69. The summed E-state index contributed by atoms with van der Waals surface area (Å²) in [5, 5.41) is 6.14. The van der Waals surface area contributed by atoms with E-state index in [0.717, 1.165) is 5.56 Å². The molecular formula is C15H10Cl3N3. The van der Waals surface area contributed by atoms with Crippen LogP contribution < -0.4 is 5.73 Å². The number of anilines is 1. The zero-order valence-corrected chi connectivity index (χ0v) is 13.0. The van der Waals surface area contributed by atoms with Gasteiger partial charge in [-0.2, -0.15) is 5.10 Å². The SMILES string of the molecule is Nc1cc(-c2ccc(Cl)cc2Cl)nn1-c1ccccc1Cl. The van der Waals surface area contributed by atoms with Crippen molar-refractivity contribution < 1.29 is 0 Å². The summed E-state index contributed by atoms with van der Waals surface area (Å²) in [6.07, 6.45) is 0. The van der Waals surface area contributed by atoms with Crippen LogP contribution in [0.1, 0.15) is 0 Å². The van der Waals surface area contributed by atoms with Crippen molar-refractivity contribution in [1.82, 2.24) is 9.78 Å². The van der Waals surface area contributed by atoms with Crippen LogP contribution in [0.4, 0.5) is 5.82 Å². The predicted molar refractivity (Wildman–Crippen MR) is 88.4 cm³/mol. The van der Waals surface area contributed by atoms with Crippen LogP contribution >= 0.6 is 34.8 Å². The quantitative estimate of drug-likeness (QED) is 0.708. The molecule has 0 radical (unpaired) electrons. The minimum absolute atomic E-state index is 0.476. The van der Waals surface area contributed by atoms with Crippen molar-refractivity contribution in [1.29, 1.82) is 0 Å². The number of hydrogen-bond donors (Lipinski definition) is 1. The maximum Gasteiger partial charge on any atom is 0.127 e. The predicted octanol–water partition coefficient (Wildman–Crippen LogP) is 5.08. The Morgan fingerprint density at radius 3 is 2.38 bits per heavy atom. The van der Waals surface area contributed by atoms with Crippen LogP contribution in [0.2, 0.25) is 15.1 Å². The fourth-order valence-corrected chi connectivity index (χ4v) is 2.76. The highest BCUT2D eigenvalue weighted by Gasteiger charge is 2.13. The molecule has 0 aliphatic carbocycles. The number of rotatable bonds is 2. The Bertz CT molecular complexity index is 812. The summed E-state index contributed by atoms with van der Waals surface area (Å²) < 4.78 is 1.59. The summed E-state index contributed by atoms with van der Waals surface area (Å²) >= 11 is 18.3. The average molecular weight is 339 g/mol. The summed E-state index contributed by atoms with van der Waals surface area (Å²) in [5.74, 6) is 0.476. The average Bonchev–Trinajstić information content (AvgIpc) is 2.81. The van der Waals surface area contributed by atoms with Crippen LogP contribution in [0.25, 0.3) is 16.9 Å². The van der Waals surface area contributed by atoms with Gasteiger partial charge < -0.3 is 5.73 Å². The Labute approximate surface area is 136 Å². The Hall–Kier alpha value is -1.68. The standard InChI is InChI=1S/C15H10Cl3N3/c16-9-5-6-10(12(18)7-9)13-8-15(19)21(20-13)14-4-2-1-3-11(14)17/h1-8H,19H2. The van der Waals surface area contributed by atoms with Gasteiger partial charge >= 0.3 is 0 Å². The van der Waals surface area contributed by atoms with Crippen LogP contribution in [-0.2, 0) is 0 Å².